The molecule has 2 saturated carbocycles. The Morgan fingerprint density at radius 3 is 2.41 bits per heavy atom. The summed E-state index contributed by atoms with van der Waals surface area (Å²) in [5.41, 5.74) is 1.12. The smallest absolute Gasteiger partial charge is 0.165 e. The van der Waals surface area contributed by atoms with Crippen LogP contribution in [0.25, 0.3) is 0 Å². The van der Waals surface area contributed by atoms with Crippen molar-refractivity contribution in [1.29, 1.82) is 0 Å². The maximum Gasteiger partial charge on any atom is 0.165 e. The standard InChI is InChI=1S/C25H40O4/c1-22(2,3)29-21-10-8-18-17-7-9-20(26)23(4,19(17)11-12-24(18,21)5)13-14-25(6)27-15-16-28-25/h11,17-18,21H,7-10,12-16H2,1-6H3/t17-,18-,21-,23+,24-/m1/s1. The van der Waals surface area contributed by atoms with Gasteiger partial charge in [0.25, 0.3) is 0 Å². The highest BCUT2D eigenvalue weighted by Crippen LogP contribution is 2.61. The van der Waals surface area contributed by atoms with E-state index in [9.17, 15) is 4.79 Å². The van der Waals surface area contributed by atoms with Gasteiger partial charge >= 0.3 is 0 Å². The Morgan fingerprint density at radius 1 is 1.07 bits per heavy atom. The molecule has 4 rings (SSSR count). The molecule has 0 aromatic carbocycles. The molecule has 0 N–H and O–H groups in total. The first-order valence-corrected chi connectivity index (χ1v) is 11.7. The second kappa shape index (κ2) is 7.17. The maximum atomic E-state index is 13.2. The average Bonchev–Trinajstić information content (AvgIpc) is 3.20. The monoisotopic (exact) mass is 404 g/mol. The molecule has 4 nitrogen and oxygen atoms in total. The Bertz CT molecular complexity index is 683. The highest BCUT2D eigenvalue weighted by atomic mass is 16.7. The minimum Gasteiger partial charge on any atom is -0.372 e. The van der Waals surface area contributed by atoms with E-state index in [1.807, 2.05) is 6.92 Å². The number of hydrogen-bond acceptors (Lipinski definition) is 4. The van der Waals surface area contributed by atoms with Gasteiger partial charge in [0, 0.05) is 23.7 Å². The van der Waals surface area contributed by atoms with Crippen molar-refractivity contribution in [2.45, 2.75) is 104 Å². The number of carbonyl (C=O) groups is 1. The van der Waals surface area contributed by atoms with Crippen molar-refractivity contribution in [3.8, 4) is 0 Å². The van der Waals surface area contributed by atoms with Gasteiger partial charge in [0.1, 0.15) is 5.78 Å². The number of carbonyl (C=O) groups excluding carboxylic acids is 1. The average molecular weight is 405 g/mol. The molecule has 1 saturated heterocycles. The molecule has 29 heavy (non-hydrogen) atoms. The Labute approximate surface area is 176 Å². The number of allylic oxidation sites excluding steroid dienone is 2. The number of hydrogen-bond donors (Lipinski definition) is 0. The van der Waals surface area contributed by atoms with E-state index in [0.717, 1.165) is 32.1 Å². The highest BCUT2D eigenvalue weighted by Gasteiger charge is 2.57. The topological polar surface area (TPSA) is 44.8 Å². The fourth-order valence-corrected chi connectivity index (χ4v) is 6.67. The fraction of sp³-hybridized carbons (Fsp3) is 0.880. The molecule has 0 amide bonds. The van der Waals surface area contributed by atoms with Crippen molar-refractivity contribution in [2.75, 3.05) is 13.2 Å². The molecule has 1 heterocycles. The van der Waals surface area contributed by atoms with Gasteiger partial charge < -0.3 is 14.2 Å². The van der Waals surface area contributed by atoms with E-state index in [-0.39, 0.29) is 16.4 Å². The van der Waals surface area contributed by atoms with Crippen molar-refractivity contribution in [3.63, 3.8) is 0 Å². The molecule has 0 aromatic heterocycles. The summed E-state index contributed by atoms with van der Waals surface area (Å²) in [7, 11) is 0. The first-order chi connectivity index (χ1) is 13.5. The number of fused-ring (bicyclic) bond motifs is 3. The first-order valence-electron chi connectivity index (χ1n) is 11.7. The van der Waals surface area contributed by atoms with E-state index in [4.69, 9.17) is 14.2 Å². The lowest BCUT2D eigenvalue weighted by Gasteiger charge is -2.51. The van der Waals surface area contributed by atoms with Crippen LogP contribution in [0.5, 0.6) is 0 Å². The largest absolute Gasteiger partial charge is 0.372 e. The third-order valence-electron chi connectivity index (χ3n) is 8.38. The number of rotatable bonds is 4. The molecule has 4 heteroatoms. The van der Waals surface area contributed by atoms with Gasteiger partial charge in [-0.2, -0.15) is 0 Å². The molecule has 0 bridgehead atoms. The second-order valence-corrected chi connectivity index (χ2v) is 11.5. The second-order valence-electron chi connectivity index (χ2n) is 11.5. The summed E-state index contributed by atoms with van der Waals surface area (Å²) in [6, 6.07) is 0. The maximum absolute atomic E-state index is 13.2. The molecule has 1 aliphatic heterocycles. The Kier molecular flexibility index (Phi) is 5.32. The van der Waals surface area contributed by atoms with Crippen LogP contribution in [0, 0.1) is 22.7 Å². The van der Waals surface area contributed by atoms with E-state index >= 15 is 0 Å². The van der Waals surface area contributed by atoms with Crippen LogP contribution in [0.15, 0.2) is 11.6 Å². The van der Waals surface area contributed by atoms with Gasteiger partial charge in [0.2, 0.25) is 0 Å². The van der Waals surface area contributed by atoms with Gasteiger partial charge in [-0.25, -0.2) is 0 Å². The zero-order chi connectivity index (χ0) is 21.1. The SMILES string of the molecule is CC(C)(C)O[C@@H]1CC[C@@H]2[C@H]3CCC(=O)[C@@](C)(CCC4(C)OCCO4)C3=CC[C@]21C. The third-order valence-corrected chi connectivity index (χ3v) is 8.38. The van der Waals surface area contributed by atoms with Crippen LogP contribution in [0.4, 0.5) is 0 Å². The normalized spacial score (nSPS) is 41.8. The summed E-state index contributed by atoms with van der Waals surface area (Å²) in [5, 5.41) is 0. The lowest BCUT2D eigenvalue weighted by atomic mass is 9.53. The van der Waals surface area contributed by atoms with Crippen LogP contribution in [-0.2, 0) is 19.0 Å². The van der Waals surface area contributed by atoms with Crippen LogP contribution in [-0.4, -0.2) is 36.5 Å². The fourth-order valence-electron chi connectivity index (χ4n) is 6.67. The van der Waals surface area contributed by atoms with E-state index in [1.54, 1.807) is 0 Å². The molecular weight excluding hydrogens is 364 g/mol. The van der Waals surface area contributed by atoms with Gasteiger partial charge in [0.05, 0.1) is 24.9 Å². The molecule has 164 valence electrons. The Hall–Kier alpha value is -0.710. The zero-order valence-corrected chi connectivity index (χ0v) is 19.3. The van der Waals surface area contributed by atoms with Crippen molar-refractivity contribution in [1.82, 2.24) is 0 Å². The molecule has 5 atom stereocenters. The Morgan fingerprint density at radius 2 is 1.76 bits per heavy atom. The van der Waals surface area contributed by atoms with Crippen molar-refractivity contribution < 1.29 is 19.0 Å². The quantitative estimate of drug-likeness (QED) is 0.585. The Balaban J connectivity index is 1.57. The number of ketones is 1. The van der Waals surface area contributed by atoms with Crippen molar-refractivity contribution in [2.24, 2.45) is 22.7 Å². The van der Waals surface area contributed by atoms with Crippen LogP contribution in [0.2, 0.25) is 0 Å². The van der Waals surface area contributed by atoms with Crippen molar-refractivity contribution in [3.05, 3.63) is 11.6 Å². The lowest BCUT2D eigenvalue weighted by molar-refractivity contribution is -0.154. The van der Waals surface area contributed by atoms with Crippen LogP contribution < -0.4 is 0 Å². The number of Topliss-reactive ketones (excluding diaryl/α,β-unsaturated/α-hetero) is 1. The minimum atomic E-state index is -0.529. The van der Waals surface area contributed by atoms with Gasteiger partial charge in [-0.3, -0.25) is 4.79 Å². The summed E-state index contributed by atoms with van der Waals surface area (Å²) in [6.45, 7) is 14.4. The molecule has 4 aliphatic rings. The van der Waals surface area contributed by atoms with Crippen LogP contribution in [0.1, 0.15) is 86.5 Å². The molecule has 0 radical (unpaired) electrons. The molecular formula is C25H40O4. The highest BCUT2D eigenvalue weighted by molar-refractivity contribution is 5.89. The first kappa shape index (κ1) is 21.5. The van der Waals surface area contributed by atoms with E-state index in [1.165, 1.54) is 12.0 Å². The summed E-state index contributed by atoms with van der Waals surface area (Å²) in [4.78, 5) is 13.2. The predicted octanol–water partition coefficient (Wildman–Crippen LogP) is 5.45. The molecule has 3 aliphatic carbocycles. The molecule has 3 fully saturated rings. The van der Waals surface area contributed by atoms with E-state index < -0.39 is 5.79 Å². The summed E-state index contributed by atoms with van der Waals surface area (Å²) >= 11 is 0. The lowest BCUT2D eigenvalue weighted by Crippen LogP contribution is -2.48. The number of ether oxygens (including phenoxy) is 3. The predicted molar refractivity (Wildman–Crippen MR) is 114 cm³/mol. The molecule has 0 spiro atoms. The summed E-state index contributed by atoms with van der Waals surface area (Å²) in [6.07, 6.45) is 9.43. The van der Waals surface area contributed by atoms with Gasteiger partial charge in [-0.1, -0.05) is 18.6 Å². The van der Waals surface area contributed by atoms with Crippen LogP contribution in [0.3, 0.4) is 0 Å². The van der Waals surface area contributed by atoms with E-state index in [2.05, 4.69) is 40.7 Å². The van der Waals surface area contributed by atoms with Gasteiger partial charge in [-0.05, 0) is 78.6 Å². The zero-order valence-electron chi connectivity index (χ0n) is 19.3. The van der Waals surface area contributed by atoms with Crippen LogP contribution >= 0.6 is 0 Å². The summed E-state index contributed by atoms with van der Waals surface area (Å²) < 4.78 is 18.2. The van der Waals surface area contributed by atoms with E-state index in [0.29, 0.717) is 43.4 Å². The molecule has 0 unspecified atom stereocenters. The minimum absolute atomic E-state index is 0.111. The molecule has 0 aromatic rings. The van der Waals surface area contributed by atoms with Gasteiger partial charge in [-0.15, -0.1) is 0 Å². The van der Waals surface area contributed by atoms with Gasteiger partial charge in [0.15, 0.2) is 5.79 Å². The summed E-state index contributed by atoms with van der Waals surface area (Å²) in [5.74, 6) is 1.02. The third kappa shape index (κ3) is 3.74. The van der Waals surface area contributed by atoms with Crippen molar-refractivity contribution >= 4 is 5.78 Å².